The van der Waals surface area contributed by atoms with Crippen molar-refractivity contribution in [3.05, 3.63) is 23.9 Å². The highest BCUT2D eigenvalue weighted by Gasteiger charge is 2.22. The van der Waals surface area contributed by atoms with Crippen LogP contribution in [0.5, 0.6) is 5.88 Å². The van der Waals surface area contributed by atoms with Gasteiger partial charge in [0.25, 0.3) is 0 Å². The number of ether oxygens (including phenoxy) is 1. The number of hydrogen-bond acceptors (Lipinski definition) is 5. The van der Waals surface area contributed by atoms with Crippen LogP contribution in [0.1, 0.15) is 25.8 Å². The molecule has 0 saturated heterocycles. The Bertz CT molecular complexity index is 432. The molecule has 19 heavy (non-hydrogen) atoms. The second-order valence-electron chi connectivity index (χ2n) is 4.97. The first-order valence-corrected chi connectivity index (χ1v) is 6.18. The van der Waals surface area contributed by atoms with E-state index in [1.165, 1.54) is 0 Å². The fraction of sp³-hybridized carbons (Fsp3) is 0.538. The van der Waals surface area contributed by atoms with Gasteiger partial charge < -0.3 is 21.0 Å². The molecule has 1 rings (SSSR count). The number of nitrogens with two attached hydrogens (primary N) is 1. The SMILES string of the molecule is COc1ncccc1CNCCC(C)(C)C(N)=NO. The fourth-order valence-electron chi connectivity index (χ4n) is 1.63. The van der Waals surface area contributed by atoms with Crippen molar-refractivity contribution in [2.45, 2.75) is 26.8 Å². The maximum atomic E-state index is 8.69. The van der Waals surface area contributed by atoms with Crippen LogP contribution >= 0.6 is 0 Å². The molecule has 0 fully saturated rings. The third-order valence-corrected chi connectivity index (χ3v) is 3.09. The number of nitrogens with zero attached hydrogens (tertiary/aromatic N) is 2. The minimum Gasteiger partial charge on any atom is -0.481 e. The Hall–Kier alpha value is -1.82. The van der Waals surface area contributed by atoms with E-state index in [4.69, 9.17) is 15.7 Å². The van der Waals surface area contributed by atoms with E-state index in [1.54, 1.807) is 13.3 Å². The minimum atomic E-state index is -0.333. The summed E-state index contributed by atoms with van der Waals surface area (Å²) in [7, 11) is 1.60. The normalized spacial score (nSPS) is 12.5. The summed E-state index contributed by atoms with van der Waals surface area (Å²) >= 11 is 0. The molecule has 0 radical (unpaired) electrons. The molecule has 6 heteroatoms. The maximum absolute atomic E-state index is 8.69. The van der Waals surface area contributed by atoms with Crippen molar-refractivity contribution in [2.75, 3.05) is 13.7 Å². The van der Waals surface area contributed by atoms with E-state index in [0.29, 0.717) is 12.4 Å². The molecule has 6 nitrogen and oxygen atoms in total. The lowest BCUT2D eigenvalue weighted by molar-refractivity contribution is 0.305. The lowest BCUT2D eigenvalue weighted by atomic mass is 9.88. The minimum absolute atomic E-state index is 0.244. The van der Waals surface area contributed by atoms with Gasteiger partial charge in [0.15, 0.2) is 0 Å². The quantitative estimate of drug-likeness (QED) is 0.228. The topological polar surface area (TPSA) is 92.8 Å². The Morgan fingerprint density at radius 3 is 2.95 bits per heavy atom. The van der Waals surface area contributed by atoms with Crippen LogP contribution in [-0.2, 0) is 6.54 Å². The Morgan fingerprint density at radius 2 is 2.32 bits per heavy atom. The smallest absolute Gasteiger partial charge is 0.217 e. The van der Waals surface area contributed by atoms with Crippen LogP contribution in [0.15, 0.2) is 23.5 Å². The van der Waals surface area contributed by atoms with Gasteiger partial charge in [-0.25, -0.2) is 4.98 Å². The van der Waals surface area contributed by atoms with Gasteiger partial charge >= 0.3 is 0 Å². The molecule has 0 spiro atoms. The molecule has 0 saturated carbocycles. The average molecular weight is 266 g/mol. The van der Waals surface area contributed by atoms with Gasteiger partial charge in [-0.2, -0.15) is 0 Å². The van der Waals surface area contributed by atoms with Crippen LogP contribution in [0.3, 0.4) is 0 Å². The predicted octanol–water partition coefficient (Wildman–Crippen LogP) is 1.34. The van der Waals surface area contributed by atoms with E-state index in [9.17, 15) is 0 Å². The molecular formula is C13H22N4O2. The molecule has 0 amide bonds. The average Bonchev–Trinajstić information content (AvgIpc) is 2.43. The fourth-order valence-corrected chi connectivity index (χ4v) is 1.63. The van der Waals surface area contributed by atoms with Crippen LogP contribution in [0.4, 0.5) is 0 Å². The highest BCUT2D eigenvalue weighted by Crippen LogP contribution is 2.19. The molecule has 0 bridgehead atoms. The van der Waals surface area contributed by atoms with Gasteiger partial charge in [-0.1, -0.05) is 25.1 Å². The van der Waals surface area contributed by atoms with E-state index in [2.05, 4.69) is 15.5 Å². The zero-order valence-corrected chi connectivity index (χ0v) is 11.7. The predicted molar refractivity (Wildman–Crippen MR) is 74.3 cm³/mol. The van der Waals surface area contributed by atoms with Crippen molar-refractivity contribution in [1.29, 1.82) is 0 Å². The second kappa shape index (κ2) is 6.94. The van der Waals surface area contributed by atoms with Crippen LogP contribution in [0, 0.1) is 5.41 Å². The van der Waals surface area contributed by atoms with Crippen molar-refractivity contribution in [2.24, 2.45) is 16.3 Å². The zero-order valence-electron chi connectivity index (χ0n) is 11.7. The van der Waals surface area contributed by atoms with Crippen molar-refractivity contribution >= 4 is 5.84 Å². The van der Waals surface area contributed by atoms with Gasteiger partial charge in [-0.3, -0.25) is 0 Å². The lowest BCUT2D eigenvalue weighted by Gasteiger charge is -2.22. The first-order valence-electron chi connectivity index (χ1n) is 6.18. The molecule has 0 unspecified atom stereocenters. The number of nitrogens with one attached hydrogen (secondary N) is 1. The highest BCUT2D eigenvalue weighted by atomic mass is 16.5. The van der Waals surface area contributed by atoms with Crippen molar-refractivity contribution in [3.8, 4) is 5.88 Å². The summed E-state index contributed by atoms with van der Waals surface area (Å²) in [6.07, 6.45) is 2.47. The Morgan fingerprint density at radius 1 is 1.58 bits per heavy atom. The lowest BCUT2D eigenvalue weighted by Crippen LogP contribution is -2.34. The standard InChI is InChI=1S/C13H22N4O2/c1-13(2,12(14)17-18)6-8-15-9-10-5-4-7-16-11(10)19-3/h4-5,7,15,18H,6,8-9H2,1-3H3,(H2,14,17). The molecule has 106 valence electrons. The van der Waals surface area contributed by atoms with Gasteiger partial charge in [-0.15, -0.1) is 0 Å². The van der Waals surface area contributed by atoms with Crippen molar-refractivity contribution in [3.63, 3.8) is 0 Å². The second-order valence-corrected chi connectivity index (χ2v) is 4.97. The first-order chi connectivity index (χ1) is 9.01. The molecule has 0 atom stereocenters. The summed E-state index contributed by atoms with van der Waals surface area (Å²) in [6.45, 7) is 5.30. The van der Waals surface area contributed by atoms with E-state index >= 15 is 0 Å². The summed E-state index contributed by atoms with van der Waals surface area (Å²) in [5, 5.41) is 15.1. The maximum Gasteiger partial charge on any atom is 0.217 e. The number of rotatable bonds is 7. The molecule has 0 aliphatic rings. The molecule has 0 aromatic carbocycles. The Kier molecular flexibility index (Phi) is 5.57. The van der Waals surface area contributed by atoms with Gasteiger partial charge in [0, 0.05) is 23.7 Å². The number of pyridine rings is 1. The third kappa shape index (κ3) is 4.40. The zero-order chi connectivity index (χ0) is 14.3. The van der Waals surface area contributed by atoms with Gasteiger partial charge in [-0.05, 0) is 19.0 Å². The van der Waals surface area contributed by atoms with E-state index in [-0.39, 0.29) is 11.3 Å². The number of methoxy groups -OCH3 is 1. The van der Waals surface area contributed by atoms with Gasteiger partial charge in [0.2, 0.25) is 5.88 Å². The number of oxime groups is 1. The molecule has 1 aromatic rings. The number of hydrogen-bond donors (Lipinski definition) is 3. The Labute approximate surface area is 113 Å². The van der Waals surface area contributed by atoms with Crippen LogP contribution in [0.25, 0.3) is 0 Å². The van der Waals surface area contributed by atoms with Gasteiger partial charge in [0.1, 0.15) is 5.84 Å². The summed E-state index contributed by atoms with van der Waals surface area (Å²) in [5.74, 6) is 0.874. The third-order valence-electron chi connectivity index (χ3n) is 3.09. The summed E-state index contributed by atoms with van der Waals surface area (Å²) in [4.78, 5) is 4.13. The summed E-state index contributed by atoms with van der Waals surface area (Å²) < 4.78 is 5.18. The summed E-state index contributed by atoms with van der Waals surface area (Å²) in [6, 6.07) is 3.84. The molecular weight excluding hydrogens is 244 g/mol. The van der Waals surface area contributed by atoms with Crippen LogP contribution < -0.4 is 15.8 Å². The van der Waals surface area contributed by atoms with Gasteiger partial charge in [0.05, 0.1) is 7.11 Å². The van der Waals surface area contributed by atoms with E-state index < -0.39 is 0 Å². The number of aromatic nitrogens is 1. The largest absolute Gasteiger partial charge is 0.481 e. The van der Waals surface area contributed by atoms with Crippen molar-refractivity contribution < 1.29 is 9.94 Å². The number of amidine groups is 1. The molecule has 0 aliphatic heterocycles. The van der Waals surface area contributed by atoms with Crippen molar-refractivity contribution in [1.82, 2.24) is 10.3 Å². The molecule has 1 heterocycles. The Balaban J connectivity index is 2.43. The summed E-state index contributed by atoms with van der Waals surface area (Å²) in [5.41, 5.74) is 6.31. The first kappa shape index (κ1) is 15.2. The van der Waals surface area contributed by atoms with Crippen LogP contribution in [-0.4, -0.2) is 29.7 Å². The monoisotopic (exact) mass is 266 g/mol. The van der Waals surface area contributed by atoms with Crippen LogP contribution in [0.2, 0.25) is 0 Å². The molecule has 1 aromatic heterocycles. The molecule has 0 aliphatic carbocycles. The van der Waals surface area contributed by atoms with E-state index in [0.717, 1.165) is 18.5 Å². The molecule has 4 N–H and O–H groups in total. The highest BCUT2D eigenvalue weighted by molar-refractivity contribution is 5.85. The van der Waals surface area contributed by atoms with E-state index in [1.807, 2.05) is 26.0 Å².